The van der Waals surface area contributed by atoms with E-state index in [0.29, 0.717) is 0 Å². The Hall–Kier alpha value is -2.70. The number of hydrogen-bond acceptors (Lipinski definition) is 7. The third kappa shape index (κ3) is 5.22. The highest BCUT2D eigenvalue weighted by atomic mass is 32.2. The maximum Gasteiger partial charge on any atom is 0.410 e. The van der Waals surface area contributed by atoms with Crippen molar-refractivity contribution in [1.82, 2.24) is 9.88 Å². The number of nitrogens with zero attached hydrogens (tertiary/aromatic N) is 3. The van der Waals surface area contributed by atoms with Crippen molar-refractivity contribution in [1.29, 1.82) is 0 Å². The average Bonchev–Trinajstić information content (AvgIpc) is 3.16. The van der Waals surface area contributed by atoms with Crippen LogP contribution in [-0.4, -0.2) is 59.2 Å². The number of thiazole rings is 1. The summed E-state index contributed by atoms with van der Waals surface area (Å²) in [5.41, 5.74) is 0.548. The first kappa shape index (κ1) is 21.0. The summed E-state index contributed by atoms with van der Waals surface area (Å²) in [6, 6.07) is 8.56. The number of likely N-dealkylation sites (tertiary alicyclic amines) is 1. The van der Waals surface area contributed by atoms with Gasteiger partial charge in [-0.1, -0.05) is 30.3 Å². The van der Waals surface area contributed by atoms with Crippen molar-refractivity contribution in [2.45, 2.75) is 25.5 Å². The summed E-state index contributed by atoms with van der Waals surface area (Å²) < 4.78 is 39.4. The molecule has 0 spiro atoms. The lowest BCUT2D eigenvalue weighted by molar-refractivity contribution is 0.0690. The molecule has 1 amide bonds. The van der Waals surface area contributed by atoms with Gasteiger partial charge in [0, 0.05) is 18.5 Å². The summed E-state index contributed by atoms with van der Waals surface area (Å²) in [7, 11) is -4.66. The number of benzene rings is 1. The number of amides is 1. The Kier molecular flexibility index (Phi) is 6.35. The molecule has 2 heterocycles. The molecule has 1 aromatic heterocycles. The van der Waals surface area contributed by atoms with Gasteiger partial charge in [0.15, 0.2) is 5.69 Å². The van der Waals surface area contributed by atoms with Crippen LogP contribution < -0.4 is 4.31 Å². The minimum absolute atomic E-state index is 0.130. The van der Waals surface area contributed by atoms with Crippen LogP contribution in [0, 0.1) is 0 Å². The molecule has 12 heteroatoms. The van der Waals surface area contributed by atoms with E-state index in [4.69, 9.17) is 9.84 Å². The smallest absolute Gasteiger partial charge is 0.410 e. The van der Waals surface area contributed by atoms with Gasteiger partial charge in [-0.05, 0) is 18.4 Å². The van der Waals surface area contributed by atoms with Crippen molar-refractivity contribution >= 4 is 38.8 Å². The van der Waals surface area contributed by atoms with Gasteiger partial charge in [0.05, 0.1) is 6.04 Å². The maximum atomic E-state index is 12.2. The first-order valence-corrected chi connectivity index (χ1v) is 10.9. The van der Waals surface area contributed by atoms with Gasteiger partial charge in [0.1, 0.15) is 6.61 Å². The number of carboxylic acid groups (broad SMARTS) is 1. The monoisotopic (exact) mass is 441 g/mol. The van der Waals surface area contributed by atoms with Crippen LogP contribution in [0.3, 0.4) is 0 Å². The summed E-state index contributed by atoms with van der Waals surface area (Å²) in [4.78, 5) is 28.5. The van der Waals surface area contributed by atoms with E-state index in [2.05, 4.69) is 4.98 Å². The Bertz CT molecular complexity index is 970. The normalized spacial score (nSPS) is 15.1. The van der Waals surface area contributed by atoms with Crippen LogP contribution in [0.4, 0.5) is 9.93 Å². The van der Waals surface area contributed by atoms with E-state index in [-0.39, 0.29) is 43.4 Å². The molecule has 0 aliphatic carbocycles. The van der Waals surface area contributed by atoms with E-state index in [1.54, 1.807) is 0 Å². The van der Waals surface area contributed by atoms with Gasteiger partial charge < -0.3 is 14.7 Å². The Balaban J connectivity index is 1.62. The average molecular weight is 441 g/mol. The number of carbonyl (C=O) groups is 2. The van der Waals surface area contributed by atoms with Crippen LogP contribution >= 0.6 is 11.3 Å². The van der Waals surface area contributed by atoms with E-state index in [9.17, 15) is 22.6 Å². The zero-order valence-electron chi connectivity index (χ0n) is 15.2. The highest BCUT2D eigenvalue weighted by Crippen LogP contribution is 2.29. The van der Waals surface area contributed by atoms with Crippen molar-refractivity contribution in [2.24, 2.45) is 0 Å². The molecule has 1 aliphatic heterocycles. The fourth-order valence-electron chi connectivity index (χ4n) is 3.00. The second-order valence-corrected chi connectivity index (χ2v) is 8.48. The van der Waals surface area contributed by atoms with Gasteiger partial charge >= 0.3 is 22.4 Å². The molecular formula is C17H19N3O7S2. The predicted octanol–water partition coefficient (Wildman–Crippen LogP) is 2.25. The van der Waals surface area contributed by atoms with Crippen molar-refractivity contribution < 1.29 is 32.4 Å². The van der Waals surface area contributed by atoms with E-state index in [0.717, 1.165) is 21.2 Å². The second-order valence-electron chi connectivity index (χ2n) is 6.35. The first-order chi connectivity index (χ1) is 13.8. The highest BCUT2D eigenvalue weighted by Gasteiger charge is 2.35. The van der Waals surface area contributed by atoms with E-state index < -0.39 is 28.4 Å². The number of aromatic carboxylic acids is 1. The standard InChI is InChI=1S/C17H19N3O7S2/c21-15(22)14-11-28-16(18-14)20(29(24,25)26)13-6-8-19(9-7-13)17(23)27-10-12-4-2-1-3-5-12/h1-5,11,13H,6-10H2,(H,21,22)(H,24,25,26). The molecule has 0 radical (unpaired) electrons. The number of hydrogen-bond donors (Lipinski definition) is 2. The molecule has 1 fully saturated rings. The van der Waals surface area contributed by atoms with Crippen molar-refractivity contribution in [2.75, 3.05) is 17.4 Å². The maximum absolute atomic E-state index is 12.2. The molecule has 0 atom stereocenters. The summed E-state index contributed by atoms with van der Waals surface area (Å²) in [5, 5.41) is 10.0. The molecule has 10 nitrogen and oxygen atoms in total. The lowest BCUT2D eigenvalue weighted by atomic mass is 10.1. The minimum Gasteiger partial charge on any atom is -0.476 e. The number of ether oxygens (including phenoxy) is 1. The molecule has 0 unspecified atom stereocenters. The molecule has 2 N–H and O–H groups in total. The van der Waals surface area contributed by atoms with E-state index in [1.165, 1.54) is 10.3 Å². The Labute approximate surface area is 171 Å². The van der Waals surface area contributed by atoms with Gasteiger partial charge in [-0.3, -0.25) is 4.55 Å². The summed E-state index contributed by atoms with van der Waals surface area (Å²) >= 11 is 0.809. The van der Waals surface area contributed by atoms with Crippen LogP contribution in [0.5, 0.6) is 0 Å². The number of rotatable bonds is 6. The number of piperidine rings is 1. The zero-order valence-corrected chi connectivity index (χ0v) is 16.8. The van der Waals surface area contributed by atoms with Crippen LogP contribution in [0.25, 0.3) is 0 Å². The van der Waals surface area contributed by atoms with Crippen molar-refractivity contribution in [3.63, 3.8) is 0 Å². The third-order valence-corrected chi connectivity index (χ3v) is 6.33. The van der Waals surface area contributed by atoms with Gasteiger partial charge in [0.25, 0.3) is 0 Å². The molecule has 0 saturated carbocycles. The van der Waals surface area contributed by atoms with Crippen LogP contribution in [-0.2, 0) is 21.6 Å². The Morgan fingerprint density at radius 2 is 1.90 bits per heavy atom. The number of carbonyl (C=O) groups excluding carboxylic acids is 1. The second kappa shape index (κ2) is 8.76. The van der Waals surface area contributed by atoms with Crippen LogP contribution in [0.1, 0.15) is 28.9 Å². The molecule has 3 rings (SSSR count). The van der Waals surface area contributed by atoms with Gasteiger partial charge in [-0.15, -0.1) is 11.3 Å². The minimum atomic E-state index is -4.66. The third-order valence-electron chi connectivity index (χ3n) is 4.41. The quantitative estimate of drug-likeness (QED) is 0.651. The van der Waals surface area contributed by atoms with Crippen LogP contribution in [0.15, 0.2) is 35.7 Å². The molecular weight excluding hydrogens is 422 g/mol. The highest BCUT2D eigenvalue weighted by molar-refractivity contribution is 7.87. The molecule has 156 valence electrons. The van der Waals surface area contributed by atoms with Crippen LogP contribution in [0.2, 0.25) is 0 Å². The predicted molar refractivity (Wildman–Crippen MR) is 104 cm³/mol. The molecule has 1 aliphatic rings. The topological polar surface area (TPSA) is 137 Å². The van der Waals surface area contributed by atoms with Gasteiger partial charge in [-0.25, -0.2) is 18.9 Å². The zero-order chi connectivity index (χ0) is 21.0. The summed E-state index contributed by atoms with van der Waals surface area (Å²) in [5.74, 6) is -1.29. The Morgan fingerprint density at radius 1 is 1.24 bits per heavy atom. The Morgan fingerprint density at radius 3 is 2.45 bits per heavy atom. The molecule has 1 saturated heterocycles. The molecule has 2 aromatic rings. The van der Waals surface area contributed by atoms with Gasteiger partial charge in [-0.2, -0.15) is 8.42 Å². The van der Waals surface area contributed by atoms with Crippen molar-refractivity contribution in [3.8, 4) is 0 Å². The fraction of sp³-hybridized carbons (Fsp3) is 0.353. The molecule has 29 heavy (non-hydrogen) atoms. The van der Waals surface area contributed by atoms with Gasteiger partial charge in [0.2, 0.25) is 5.13 Å². The van der Waals surface area contributed by atoms with E-state index in [1.807, 2.05) is 30.3 Å². The lowest BCUT2D eigenvalue weighted by Gasteiger charge is -2.35. The SMILES string of the molecule is O=C(O)c1csc(N(C2CCN(C(=O)OCc3ccccc3)CC2)S(=O)(=O)O)n1. The molecule has 1 aromatic carbocycles. The summed E-state index contributed by atoms with van der Waals surface area (Å²) in [6.07, 6.45) is -0.0298. The number of anilines is 1. The lowest BCUT2D eigenvalue weighted by Crippen LogP contribution is -2.49. The fourth-order valence-corrected chi connectivity index (χ4v) is 5.01. The first-order valence-electron chi connectivity index (χ1n) is 8.67. The number of aromatic nitrogens is 1. The number of carboxylic acids is 1. The van der Waals surface area contributed by atoms with Crippen molar-refractivity contribution in [3.05, 3.63) is 47.0 Å². The largest absolute Gasteiger partial charge is 0.476 e. The molecule has 0 bridgehead atoms. The van der Waals surface area contributed by atoms with E-state index >= 15 is 0 Å². The summed E-state index contributed by atoms with van der Waals surface area (Å²) in [6.45, 7) is 0.580.